The second-order valence-electron chi connectivity index (χ2n) is 4.76. The largest absolute Gasteiger partial charge is 0.481 e. The second-order valence-corrected chi connectivity index (χ2v) is 4.76. The van der Waals surface area contributed by atoms with Crippen molar-refractivity contribution >= 4 is 5.97 Å². The van der Waals surface area contributed by atoms with Gasteiger partial charge in [-0.2, -0.15) is 0 Å². The van der Waals surface area contributed by atoms with Gasteiger partial charge in [-0.05, 0) is 31.6 Å². The molecule has 1 N–H and O–H groups in total. The van der Waals surface area contributed by atoms with E-state index in [4.69, 9.17) is 5.11 Å². The van der Waals surface area contributed by atoms with Crippen LogP contribution in [0, 0.1) is 5.92 Å². The fourth-order valence-electron chi connectivity index (χ4n) is 1.54. The van der Waals surface area contributed by atoms with E-state index in [1.54, 1.807) is 0 Å². The molecule has 0 aliphatic carbocycles. The van der Waals surface area contributed by atoms with Crippen LogP contribution in [0.1, 0.15) is 45.2 Å². The van der Waals surface area contributed by atoms with E-state index >= 15 is 0 Å². The van der Waals surface area contributed by atoms with Gasteiger partial charge in [-0.3, -0.25) is 9.48 Å². The number of nitrogens with zero attached hydrogens (tertiary/aromatic N) is 3. The highest BCUT2D eigenvalue weighted by Crippen LogP contribution is 2.05. The normalized spacial score (nSPS) is 11.0. The van der Waals surface area contributed by atoms with E-state index in [9.17, 15) is 4.79 Å². The summed E-state index contributed by atoms with van der Waals surface area (Å²) in [6.07, 6.45) is 5.67. The van der Waals surface area contributed by atoms with Crippen LogP contribution in [0.3, 0.4) is 0 Å². The van der Waals surface area contributed by atoms with Crippen molar-refractivity contribution in [2.24, 2.45) is 5.92 Å². The molecule has 17 heavy (non-hydrogen) atoms. The molecular weight excluding hydrogens is 218 g/mol. The Hall–Kier alpha value is -1.39. The Bertz CT molecular complexity index is 347. The number of hydrogen-bond donors (Lipinski definition) is 1. The molecule has 0 saturated carbocycles. The van der Waals surface area contributed by atoms with Crippen LogP contribution in [0.4, 0.5) is 0 Å². The van der Waals surface area contributed by atoms with Crippen LogP contribution >= 0.6 is 0 Å². The first-order valence-corrected chi connectivity index (χ1v) is 6.18. The minimum Gasteiger partial charge on any atom is -0.481 e. The summed E-state index contributed by atoms with van der Waals surface area (Å²) in [7, 11) is 0. The number of rotatable bonds is 8. The molecule has 0 radical (unpaired) electrons. The smallest absolute Gasteiger partial charge is 0.303 e. The predicted octanol–water partition coefficient (Wildman–Crippen LogP) is 2.12. The van der Waals surface area contributed by atoms with Crippen molar-refractivity contribution in [3.8, 4) is 0 Å². The number of aliphatic carboxylic acids is 1. The summed E-state index contributed by atoms with van der Waals surface area (Å²) in [5.74, 6) is -0.0659. The van der Waals surface area contributed by atoms with Gasteiger partial charge in [0, 0.05) is 19.2 Å². The Kier molecular flexibility index (Phi) is 5.66. The van der Waals surface area contributed by atoms with Crippen LogP contribution in [-0.4, -0.2) is 26.1 Å². The standard InChI is InChI=1S/C12H21N3O2/c1-10(2)7-8-15-9-11(13-14-15)5-3-4-6-12(16)17/h9-10H,3-8H2,1-2H3,(H,16,17). The molecule has 0 aliphatic rings. The van der Waals surface area contributed by atoms with E-state index in [1.807, 2.05) is 10.9 Å². The van der Waals surface area contributed by atoms with Gasteiger partial charge < -0.3 is 5.11 Å². The first kappa shape index (κ1) is 13.7. The van der Waals surface area contributed by atoms with Crippen LogP contribution in [0.5, 0.6) is 0 Å². The molecule has 5 nitrogen and oxygen atoms in total. The van der Waals surface area contributed by atoms with Crippen LogP contribution < -0.4 is 0 Å². The zero-order valence-corrected chi connectivity index (χ0v) is 10.6. The summed E-state index contributed by atoms with van der Waals surface area (Å²) in [5.41, 5.74) is 0.958. The third kappa shape index (κ3) is 6.04. The zero-order chi connectivity index (χ0) is 12.7. The highest BCUT2D eigenvalue weighted by Gasteiger charge is 2.03. The molecule has 1 heterocycles. The average molecular weight is 239 g/mol. The van der Waals surface area contributed by atoms with E-state index < -0.39 is 5.97 Å². The van der Waals surface area contributed by atoms with Crippen molar-refractivity contribution in [3.63, 3.8) is 0 Å². The molecule has 0 saturated heterocycles. The lowest BCUT2D eigenvalue weighted by molar-refractivity contribution is -0.137. The van der Waals surface area contributed by atoms with Crippen molar-refractivity contribution in [2.45, 2.75) is 52.5 Å². The number of unbranched alkanes of at least 4 members (excludes halogenated alkanes) is 1. The predicted molar refractivity (Wildman–Crippen MR) is 64.7 cm³/mol. The highest BCUT2D eigenvalue weighted by atomic mass is 16.4. The van der Waals surface area contributed by atoms with E-state index in [0.29, 0.717) is 12.3 Å². The number of carbonyl (C=O) groups is 1. The monoisotopic (exact) mass is 239 g/mol. The number of aromatic nitrogens is 3. The maximum atomic E-state index is 10.3. The molecule has 0 atom stereocenters. The summed E-state index contributed by atoms with van der Waals surface area (Å²) in [6.45, 7) is 5.27. The Morgan fingerprint density at radius 1 is 1.47 bits per heavy atom. The Balaban J connectivity index is 2.23. The molecule has 96 valence electrons. The van der Waals surface area contributed by atoms with Crippen LogP contribution in [0.2, 0.25) is 0 Å². The van der Waals surface area contributed by atoms with Gasteiger partial charge in [0.1, 0.15) is 0 Å². The molecule has 0 fully saturated rings. The summed E-state index contributed by atoms with van der Waals surface area (Å²) < 4.78 is 1.87. The van der Waals surface area contributed by atoms with Gasteiger partial charge in [0.05, 0.1) is 5.69 Å². The molecule has 0 amide bonds. The number of carboxylic acids is 1. The molecule has 5 heteroatoms. The molecule has 0 spiro atoms. The minimum atomic E-state index is -0.731. The lowest BCUT2D eigenvalue weighted by Gasteiger charge is -2.02. The first-order valence-electron chi connectivity index (χ1n) is 6.18. The minimum absolute atomic E-state index is 0.238. The Morgan fingerprint density at radius 3 is 2.88 bits per heavy atom. The first-order chi connectivity index (χ1) is 8.08. The van der Waals surface area contributed by atoms with Crippen molar-refractivity contribution in [1.29, 1.82) is 0 Å². The van der Waals surface area contributed by atoms with Gasteiger partial charge in [-0.1, -0.05) is 19.1 Å². The maximum absolute atomic E-state index is 10.3. The van der Waals surface area contributed by atoms with Crippen molar-refractivity contribution in [2.75, 3.05) is 0 Å². The summed E-state index contributed by atoms with van der Waals surface area (Å²) in [5, 5.41) is 16.6. The van der Waals surface area contributed by atoms with Crippen molar-refractivity contribution in [3.05, 3.63) is 11.9 Å². The third-order valence-corrected chi connectivity index (χ3v) is 2.60. The van der Waals surface area contributed by atoms with E-state index in [0.717, 1.165) is 31.5 Å². The molecule has 1 aromatic heterocycles. The number of hydrogen-bond acceptors (Lipinski definition) is 3. The fourth-order valence-corrected chi connectivity index (χ4v) is 1.54. The van der Waals surface area contributed by atoms with Gasteiger partial charge in [0.25, 0.3) is 0 Å². The van der Waals surface area contributed by atoms with E-state index in [2.05, 4.69) is 24.2 Å². The van der Waals surface area contributed by atoms with Gasteiger partial charge in [0.2, 0.25) is 0 Å². The molecule has 0 unspecified atom stereocenters. The third-order valence-electron chi connectivity index (χ3n) is 2.60. The molecular formula is C12H21N3O2. The molecule has 0 aromatic carbocycles. The van der Waals surface area contributed by atoms with Crippen molar-refractivity contribution < 1.29 is 9.90 Å². The lowest BCUT2D eigenvalue weighted by atomic mass is 10.1. The van der Waals surface area contributed by atoms with Gasteiger partial charge >= 0.3 is 5.97 Å². The second kappa shape index (κ2) is 7.04. The maximum Gasteiger partial charge on any atom is 0.303 e. The summed E-state index contributed by atoms with van der Waals surface area (Å²) >= 11 is 0. The molecule has 0 aliphatic heterocycles. The van der Waals surface area contributed by atoms with E-state index in [1.165, 1.54) is 0 Å². The van der Waals surface area contributed by atoms with Gasteiger partial charge in [0.15, 0.2) is 0 Å². The summed E-state index contributed by atoms with van der Waals surface area (Å²) in [4.78, 5) is 10.3. The molecule has 0 bridgehead atoms. The highest BCUT2D eigenvalue weighted by molar-refractivity contribution is 5.66. The average Bonchev–Trinajstić information content (AvgIpc) is 2.69. The van der Waals surface area contributed by atoms with Crippen LogP contribution in [0.25, 0.3) is 0 Å². The Labute approximate surface area is 102 Å². The van der Waals surface area contributed by atoms with Crippen LogP contribution in [0.15, 0.2) is 6.20 Å². The quantitative estimate of drug-likeness (QED) is 0.705. The lowest BCUT2D eigenvalue weighted by Crippen LogP contribution is -2.01. The van der Waals surface area contributed by atoms with Gasteiger partial charge in [-0.25, -0.2) is 0 Å². The molecule has 1 aromatic rings. The molecule has 1 rings (SSSR count). The van der Waals surface area contributed by atoms with Gasteiger partial charge in [-0.15, -0.1) is 5.10 Å². The SMILES string of the molecule is CC(C)CCn1cc(CCCCC(=O)O)nn1. The Morgan fingerprint density at radius 2 is 2.24 bits per heavy atom. The van der Waals surface area contributed by atoms with Crippen LogP contribution in [-0.2, 0) is 17.8 Å². The summed E-state index contributed by atoms with van der Waals surface area (Å²) in [6, 6.07) is 0. The van der Waals surface area contributed by atoms with E-state index in [-0.39, 0.29) is 6.42 Å². The van der Waals surface area contributed by atoms with Crippen molar-refractivity contribution in [1.82, 2.24) is 15.0 Å². The number of carboxylic acid groups (broad SMARTS) is 1. The topological polar surface area (TPSA) is 68.0 Å². The fraction of sp³-hybridized carbons (Fsp3) is 0.750. The number of aryl methyl sites for hydroxylation is 2. The zero-order valence-electron chi connectivity index (χ0n) is 10.6.